The van der Waals surface area contributed by atoms with Gasteiger partial charge in [0, 0.05) is 19.1 Å². The van der Waals surface area contributed by atoms with Crippen LogP contribution in [0.3, 0.4) is 0 Å². The van der Waals surface area contributed by atoms with E-state index in [4.69, 9.17) is 5.11 Å². The number of carbonyl (C=O) groups is 1. The molecule has 5 nitrogen and oxygen atoms in total. The lowest BCUT2D eigenvalue weighted by Crippen LogP contribution is -2.46. The van der Waals surface area contributed by atoms with Crippen LogP contribution in [0.25, 0.3) is 0 Å². The molecule has 0 bridgehead atoms. The van der Waals surface area contributed by atoms with Gasteiger partial charge in [-0.15, -0.1) is 0 Å². The highest BCUT2D eigenvalue weighted by molar-refractivity contribution is 7.91. The molecule has 0 aliphatic carbocycles. The lowest BCUT2D eigenvalue weighted by molar-refractivity contribution is 0.0691. The lowest BCUT2D eigenvalue weighted by atomic mass is 10.1. The van der Waals surface area contributed by atoms with E-state index in [2.05, 4.69) is 0 Å². The van der Waals surface area contributed by atoms with Crippen molar-refractivity contribution < 1.29 is 22.7 Å². The first-order valence-electron chi connectivity index (χ1n) is 6.25. The van der Waals surface area contributed by atoms with Crippen LogP contribution in [0.1, 0.15) is 22.8 Å². The minimum atomic E-state index is -2.98. The second-order valence-corrected chi connectivity index (χ2v) is 7.28. The van der Waals surface area contributed by atoms with Gasteiger partial charge in [0.2, 0.25) is 0 Å². The molecule has 20 heavy (non-hydrogen) atoms. The molecule has 0 aromatic heterocycles. The van der Waals surface area contributed by atoms with E-state index in [1.54, 1.807) is 0 Å². The molecule has 2 rings (SSSR count). The Morgan fingerprint density at radius 1 is 1.50 bits per heavy atom. The Labute approximate surface area is 116 Å². The number of hydrogen-bond acceptors (Lipinski definition) is 4. The summed E-state index contributed by atoms with van der Waals surface area (Å²) in [5.41, 5.74) is 0.301. The molecule has 0 radical (unpaired) electrons. The van der Waals surface area contributed by atoms with Gasteiger partial charge in [-0.05, 0) is 24.6 Å². The van der Waals surface area contributed by atoms with Crippen LogP contribution in [0.4, 0.5) is 4.39 Å². The number of carboxylic acid groups (broad SMARTS) is 1. The summed E-state index contributed by atoms with van der Waals surface area (Å²) in [6, 6.07) is 3.82. The van der Waals surface area contributed by atoms with E-state index >= 15 is 0 Å². The fourth-order valence-corrected chi connectivity index (χ4v) is 3.96. The third-order valence-electron chi connectivity index (χ3n) is 3.45. The smallest absolute Gasteiger partial charge is 0.338 e. The molecule has 1 aromatic carbocycles. The molecule has 1 saturated heterocycles. The summed E-state index contributed by atoms with van der Waals surface area (Å²) in [4.78, 5) is 12.8. The van der Waals surface area contributed by atoms with E-state index in [9.17, 15) is 17.6 Å². The number of carboxylic acids is 1. The summed E-state index contributed by atoms with van der Waals surface area (Å²) >= 11 is 0. The third-order valence-corrected chi connectivity index (χ3v) is 5.25. The summed E-state index contributed by atoms with van der Waals surface area (Å²) in [6.45, 7) is 2.64. The summed E-state index contributed by atoms with van der Waals surface area (Å²) < 4.78 is 36.3. The molecule has 110 valence electrons. The highest BCUT2D eigenvalue weighted by atomic mass is 32.2. The molecule has 0 amide bonds. The SMILES string of the molecule is CC1CS(=O)(=O)CCN1Cc1ccc(F)c(C(=O)O)c1. The summed E-state index contributed by atoms with van der Waals surface area (Å²) in [5, 5.41) is 8.88. The van der Waals surface area contributed by atoms with Gasteiger partial charge in [0.25, 0.3) is 0 Å². The van der Waals surface area contributed by atoms with Crippen LogP contribution in [0.2, 0.25) is 0 Å². The molecular weight excluding hydrogens is 285 g/mol. The highest BCUT2D eigenvalue weighted by Gasteiger charge is 2.28. The first-order chi connectivity index (χ1) is 9.28. The maximum absolute atomic E-state index is 13.3. The Bertz CT molecular complexity index is 629. The van der Waals surface area contributed by atoms with Crippen LogP contribution in [0.5, 0.6) is 0 Å². The lowest BCUT2D eigenvalue weighted by Gasteiger charge is -2.33. The Kier molecular flexibility index (Phi) is 4.10. The molecule has 0 saturated carbocycles. The average Bonchev–Trinajstić information content (AvgIpc) is 2.34. The number of halogens is 1. The summed E-state index contributed by atoms with van der Waals surface area (Å²) in [6.07, 6.45) is 0. The zero-order valence-electron chi connectivity index (χ0n) is 11.0. The largest absolute Gasteiger partial charge is 0.478 e. The second-order valence-electron chi connectivity index (χ2n) is 5.05. The minimum absolute atomic E-state index is 0.0972. The van der Waals surface area contributed by atoms with Crippen molar-refractivity contribution in [2.45, 2.75) is 19.5 Å². The van der Waals surface area contributed by atoms with Gasteiger partial charge >= 0.3 is 5.97 Å². The average molecular weight is 301 g/mol. The first kappa shape index (κ1) is 14.9. The standard InChI is InChI=1S/C13H16FNO4S/c1-9-8-20(18,19)5-4-15(9)7-10-2-3-12(14)11(6-10)13(16)17/h2-3,6,9H,4-5,7-8H2,1H3,(H,16,17). The quantitative estimate of drug-likeness (QED) is 0.906. The van der Waals surface area contributed by atoms with Crippen LogP contribution < -0.4 is 0 Å². The van der Waals surface area contributed by atoms with Gasteiger partial charge in [-0.3, -0.25) is 4.90 Å². The van der Waals surface area contributed by atoms with Crippen molar-refractivity contribution >= 4 is 15.8 Å². The number of hydrogen-bond donors (Lipinski definition) is 1. The topological polar surface area (TPSA) is 74.7 Å². The van der Waals surface area contributed by atoms with E-state index < -0.39 is 21.6 Å². The molecule has 1 N–H and O–H groups in total. The van der Waals surface area contributed by atoms with Gasteiger partial charge < -0.3 is 5.11 Å². The molecule has 1 fully saturated rings. The normalized spacial score (nSPS) is 22.6. The van der Waals surface area contributed by atoms with Crippen molar-refractivity contribution in [1.82, 2.24) is 4.90 Å². The molecule has 1 aliphatic rings. The minimum Gasteiger partial charge on any atom is -0.478 e. The fourth-order valence-electron chi connectivity index (χ4n) is 2.34. The Balaban J connectivity index is 2.15. The van der Waals surface area contributed by atoms with Gasteiger partial charge in [0.1, 0.15) is 5.82 Å². The van der Waals surface area contributed by atoms with Gasteiger partial charge in [0.15, 0.2) is 9.84 Å². The van der Waals surface area contributed by atoms with Crippen molar-refractivity contribution in [2.75, 3.05) is 18.1 Å². The monoisotopic (exact) mass is 301 g/mol. The van der Waals surface area contributed by atoms with Crippen LogP contribution in [0.15, 0.2) is 18.2 Å². The van der Waals surface area contributed by atoms with Gasteiger partial charge in [-0.1, -0.05) is 6.07 Å². The number of nitrogens with zero attached hydrogens (tertiary/aromatic N) is 1. The molecule has 0 spiro atoms. The van der Waals surface area contributed by atoms with Crippen molar-refractivity contribution in [3.8, 4) is 0 Å². The predicted molar refractivity (Wildman–Crippen MR) is 71.9 cm³/mol. The molecular formula is C13H16FNO4S. The van der Waals surface area contributed by atoms with Crippen LogP contribution in [-0.4, -0.2) is 48.5 Å². The van der Waals surface area contributed by atoms with Crippen molar-refractivity contribution in [1.29, 1.82) is 0 Å². The van der Waals surface area contributed by atoms with Crippen LogP contribution in [-0.2, 0) is 16.4 Å². The second kappa shape index (κ2) is 5.49. The molecule has 1 aromatic rings. The summed E-state index contributed by atoms with van der Waals surface area (Å²) in [5.74, 6) is -1.88. The van der Waals surface area contributed by atoms with Gasteiger partial charge in [-0.2, -0.15) is 0 Å². The third kappa shape index (κ3) is 3.34. The van der Waals surface area contributed by atoms with E-state index in [0.717, 1.165) is 6.07 Å². The fraction of sp³-hybridized carbons (Fsp3) is 0.462. The van der Waals surface area contributed by atoms with Gasteiger partial charge in [0.05, 0.1) is 17.1 Å². The first-order valence-corrected chi connectivity index (χ1v) is 8.07. The molecule has 1 unspecified atom stereocenters. The zero-order chi connectivity index (χ0) is 14.9. The summed E-state index contributed by atoms with van der Waals surface area (Å²) in [7, 11) is -2.98. The zero-order valence-corrected chi connectivity index (χ0v) is 11.9. The Morgan fingerprint density at radius 2 is 2.20 bits per heavy atom. The van der Waals surface area contributed by atoms with E-state index in [1.807, 2.05) is 11.8 Å². The Hall–Kier alpha value is -1.47. The highest BCUT2D eigenvalue weighted by Crippen LogP contribution is 2.17. The maximum Gasteiger partial charge on any atom is 0.338 e. The molecule has 1 heterocycles. The Morgan fingerprint density at radius 3 is 2.80 bits per heavy atom. The van der Waals surface area contributed by atoms with E-state index in [-0.39, 0.29) is 23.1 Å². The molecule has 7 heteroatoms. The number of aromatic carboxylic acids is 1. The van der Waals surface area contributed by atoms with E-state index in [0.29, 0.717) is 18.7 Å². The molecule has 1 aliphatic heterocycles. The predicted octanol–water partition coefficient (Wildman–Crippen LogP) is 1.14. The number of benzene rings is 1. The van der Waals surface area contributed by atoms with Crippen molar-refractivity contribution in [3.63, 3.8) is 0 Å². The van der Waals surface area contributed by atoms with Crippen molar-refractivity contribution in [2.24, 2.45) is 0 Å². The molecule has 1 atom stereocenters. The van der Waals surface area contributed by atoms with Crippen LogP contribution >= 0.6 is 0 Å². The number of rotatable bonds is 3. The van der Waals surface area contributed by atoms with E-state index in [1.165, 1.54) is 12.1 Å². The van der Waals surface area contributed by atoms with Crippen molar-refractivity contribution in [3.05, 3.63) is 35.1 Å². The number of sulfone groups is 1. The van der Waals surface area contributed by atoms with Crippen LogP contribution in [0, 0.1) is 5.82 Å². The van der Waals surface area contributed by atoms with Gasteiger partial charge in [-0.25, -0.2) is 17.6 Å². The maximum atomic E-state index is 13.3.